The molecule has 0 saturated heterocycles. The average Bonchev–Trinajstić information content (AvgIpc) is 2.37. The summed E-state index contributed by atoms with van der Waals surface area (Å²) in [6.45, 7) is 8.52. The van der Waals surface area contributed by atoms with Gasteiger partial charge in [0.25, 0.3) is 0 Å². The second kappa shape index (κ2) is 8.95. The molecule has 0 heterocycles. The number of carbonyl (C=O) groups excluding carboxylic acids is 3. The van der Waals surface area contributed by atoms with Gasteiger partial charge in [-0.15, -0.1) is 0 Å². The molecule has 20 heavy (non-hydrogen) atoms. The lowest BCUT2D eigenvalue weighted by Gasteiger charge is -2.16. The van der Waals surface area contributed by atoms with E-state index in [1.54, 1.807) is 20.8 Å². The third kappa shape index (κ3) is 8.96. The molecule has 0 saturated carbocycles. The van der Waals surface area contributed by atoms with Crippen molar-refractivity contribution in [3.8, 4) is 0 Å². The highest BCUT2D eigenvalue weighted by Gasteiger charge is 2.22. The number of esters is 2. The maximum Gasteiger partial charge on any atom is 0.407 e. The molecule has 0 aliphatic heterocycles. The van der Waals surface area contributed by atoms with Crippen LogP contribution in [0.2, 0.25) is 0 Å². The average molecular weight is 287 g/mol. The van der Waals surface area contributed by atoms with Gasteiger partial charge >= 0.3 is 18.0 Å². The van der Waals surface area contributed by atoms with Gasteiger partial charge < -0.3 is 19.5 Å². The molecule has 7 nitrogen and oxygen atoms in total. The van der Waals surface area contributed by atoms with Crippen LogP contribution in [-0.4, -0.2) is 44.4 Å². The fourth-order valence-electron chi connectivity index (χ4n) is 0.900. The van der Waals surface area contributed by atoms with Crippen molar-refractivity contribution >= 4 is 18.0 Å². The number of nitrogens with one attached hydrogen (secondary N) is 1. The van der Waals surface area contributed by atoms with Gasteiger partial charge in [-0.05, 0) is 20.8 Å². The maximum atomic E-state index is 11.4. The first kappa shape index (κ1) is 17.9. The van der Waals surface area contributed by atoms with E-state index in [1.165, 1.54) is 0 Å². The molecule has 0 aromatic carbocycles. The lowest BCUT2D eigenvalue weighted by molar-refractivity contribution is -0.153. The van der Waals surface area contributed by atoms with E-state index in [0.29, 0.717) is 0 Å². The van der Waals surface area contributed by atoms with Gasteiger partial charge in [0, 0.05) is 6.08 Å². The molecule has 1 N–H and O–H groups in total. The summed E-state index contributed by atoms with van der Waals surface area (Å²) in [5.74, 6) is -0.924. The Morgan fingerprint density at radius 3 is 2.20 bits per heavy atom. The van der Waals surface area contributed by atoms with Crippen LogP contribution in [0.4, 0.5) is 4.79 Å². The Hall–Kier alpha value is -2.05. The number of carbonyl (C=O) groups is 3. The van der Waals surface area contributed by atoms with Gasteiger partial charge in [-0.25, -0.2) is 9.59 Å². The largest absolute Gasteiger partial charge is 0.462 e. The van der Waals surface area contributed by atoms with Crippen LogP contribution in [0, 0.1) is 5.41 Å². The normalized spacial score (nSPS) is 10.3. The van der Waals surface area contributed by atoms with Crippen molar-refractivity contribution in [3.05, 3.63) is 12.7 Å². The number of amides is 1. The zero-order valence-electron chi connectivity index (χ0n) is 12.1. The number of rotatable bonds is 7. The number of hydrogen-bond donors (Lipinski definition) is 1. The van der Waals surface area contributed by atoms with Crippen LogP contribution in [0.3, 0.4) is 0 Å². The summed E-state index contributed by atoms with van der Waals surface area (Å²) in [7, 11) is 0. The van der Waals surface area contributed by atoms with Crippen molar-refractivity contribution < 1.29 is 28.6 Å². The lowest BCUT2D eigenvalue weighted by Crippen LogP contribution is -2.30. The summed E-state index contributed by atoms with van der Waals surface area (Å²) >= 11 is 0. The molecule has 0 aliphatic rings. The Bertz CT molecular complexity index is 358. The van der Waals surface area contributed by atoms with Crippen LogP contribution < -0.4 is 5.32 Å². The molecular weight excluding hydrogens is 266 g/mol. The first-order valence-corrected chi connectivity index (χ1v) is 6.14. The van der Waals surface area contributed by atoms with Crippen LogP contribution in [0.5, 0.6) is 0 Å². The third-order valence-corrected chi connectivity index (χ3v) is 1.94. The fourth-order valence-corrected chi connectivity index (χ4v) is 0.900. The molecule has 0 unspecified atom stereocenters. The molecule has 114 valence electrons. The number of hydrogen-bond acceptors (Lipinski definition) is 6. The fraction of sp³-hybridized carbons (Fsp3) is 0.615. The molecule has 0 bridgehead atoms. The highest BCUT2D eigenvalue weighted by Crippen LogP contribution is 2.14. The lowest BCUT2D eigenvalue weighted by atomic mass is 9.97. The van der Waals surface area contributed by atoms with E-state index in [0.717, 1.165) is 6.08 Å². The summed E-state index contributed by atoms with van der Waals surface area (Å²) < 4.78 is 14.3. The van der Waals surface area contributed by atoms with E-state index in [4.69, 9.17) is 9.47 Å². The minimum absolute atomic E-state index is 0.00499. The standard InChI is InChI=1S/C13H21NO6/c1-5-10(15)18-7-6-14-12(17)20-9-8-19-11(16)13(2,3)4/h5H,1,6-9H2,2-4H3,(H,14,17). The quantitative estimate of drug-likeness (QED) is 0.325. The smallest absolute Gasteiger partial charge is 0.407 e. The third-order valence-electron chi connectivity index (χ3n) is 1.94. The first-order chi connectivity index (χ1) is 9.27. The van der Waals surface area contributed by atoms with E-state index in [-0.39, 0.29) is 32.3 Å². The zero-order chi connectivity index (χ0) is 15.6. The van der Waals surface area contributed by atoms with Crippen molar-refractivity contribution in [2.75, 3.05) is 26.4 Å². The van der Waals surface area contributed by atoms with E-state index < -0.39 is 17.5 Å². The Balaban J connectivity index is 3.57. The highest BCUT2D eigenvalue weighted by atomic mass is 16.6. The summed E-state index contributed by atoms with van der Waals surface area (Å²) in [6.07, 6.45) is 0.355. The van der Waals surface area contributed by atoms with Crippen LogP contribution >= 0.6 is 0 Å². The van der Waals surface area contributed by atoms with Gasteiger partial charge in [0.15, 0.2) is 0 Å². The Labute approximate surface area is 118 Å². The Morgan fingerprint density at radius 2 is 1.65 bits per heavy atom. The van der Waals surface area contributed by atoms with Crippen LogP contribution in [0.15, 0.2) is 12.7 Å². The van der Waals surface area contributed by atoms with Gasteiger partial charge in [0.1, 0.15) is 19.8 Å². The minimum atomic E-state index is -0.675. The monoisotopic (exact) mass is 287 g/mol. The van der Waals surface area contributed by atoms with Gasteiger partial charge in [-0.3, -0.25) is 4.79 Å². The van der Waals surface area contributed by atoms with Gasteiger partial charge in [0.2, 0.25) is 0 Å². The molecule has 0 aromatic heterocycles. The second-order valence-electron chi connectivity index (χ2n) is 4.82. The molecule has 7 heteroatoms. The predicted octanol–water partition coefficient (Wildman–Crippen LogP) is 1.03. The van der Waals surface area contributed by atoms with Crippen molar-refractivity contribution in [2.24, 2.45) is 5.41 Å². The topological polar surface area (TPSA) is 90.9 Å². The molecule has 1 amide bonds. The summed E-state index contributed by atoms with van der Waals surface area (Å²) in [6, 6.07) is 0. The van der Waals surface area contributed by atoms with E-state index >= 15 is 0 Å². The van der Waals surface area contributed by atoms with Gasteiger partial charge in [0.05, 0.1) is 12.0 Å². The molecular formula is C13H21NO6. The van der Waals surface area contributed by atoms with Crippen LogP contribution in [-0.2, 0) is 23.8 Å². The van der Waals surface area contributed by atoms with Crippen molar-refractivity contribution in [3.63, 3.8) is 0 Å². The minimum Gasteiger partial charge on any atom is -0.462 e. The zero-order valence-corrected chi connectivity index (χ0v) is 12.1. The van der Waals surface area contributed by atoms with E-state index in [2.05, 4.69) is 16.6 Å². The first-order valence-electron chi connectivity index (χ1n) is 6.14. The molecule has 0 aromatic rings. The molecule has 0 atom stereocenters. The van der Waals surface area contributed by atoms with Crippen molar-refractivity contribution in [1.29, 1.82) is 0 Å². The summed E-state index contributed by atoms with van der Waals surface area (Å²) in [5.41, 5.74) is -0.586. The SMILES string of the molecule is C=CC(=O)OCCNC(=O)OCCOC(=O)C(C)(C)C. The van der Waals surface area contributed by atoms with Gasteiger partial charge in [-0.2, -0.15) is 0 Å². The predicted molar refractivity (Wildman–Crippen MR) is 70.9 cm³/mol. The van der Waals surface area contributed by atoms with Gasteiger partial charge in [-0.1, -0.05) is 6.58 Å². The molecule has 0 rings (SSSR count). The summed E-state index contributed by atoms with van der Waals surface area (Å²) in [5, 5.41) is 2.37. The van der Waals surface area contributed by atoms with Crippen LogP contribution in [0.25, 0.3) is 0 Å². The second-order valence-corrected chi connectivity index (χ2v) is 4.82. The molecule has 0 radical (unpaired) electrons. The Kier molecular flexibility index (Phi) is 8.03. The Morgan fingerprint density at radius 1 is 1.05 bits per heavy atom. The van der Waals surface area contributed by atoms with Crippen molar-refractivity contribution in [2.45, 2.75) is 20.8 Å². The van der Waals surface area contributed by atoms with E-state index in [9.17, 15) is 14.4 Å². The highest BCUT2D eigenvalue weighted by molar-refractivity contribution is 5.81. The van der Waals surface area contributed by atoms with Crippen LogP contribution in [0.1, 0.15) is 20.8 Å². The maximum absolute atomic E-state index is 11.4. The van der Waals surface area contributed by atoms with Crippen molar-refractivity contribution in [1.82, 2.24) is 5.32 Å². The molecule has 0 spiro atoms. The number of ether oxygens (including phenoxy) is 3. The molecule has 0 aliphatic carbocycles. The molecule has 0 fully saturated rings. The summed E-state index contributed by atoms with van der Waals surface area (Å²) in [4.78, 5) is 33.2. The number of alkyl carbamates (subject to hydrolysis) is 1. The van der Waals surface area contributed by atoms with E-state index in [1.807, 2.05) is 0 Å².